The summed E-state index contributed by atoms with van der Waals surface area (Å²) in [6.45, 7) is 41.6. The van der Waals surface area contributed by atoms with Gasteiger partial charge in [0, 0.05) is 339 Å². The molecule has 6 rings (SSSR count). The minimum atomic E-state index is -2.82. The van der Waals surface area contributed by atoms with Crippen molar-refractivity contribution >= 4 is 278 Å². The molecule has 126 heavy (non-hydrogen) atoms. The lowest BCUT2D eigenvalue weighted by atomic mass is 9.80. The highest BCUT2D eigenvalue weighted by Crippen LogP contribution is 2.45. The number of cyclic esters (lactones) is 2. The predicted octanol–water partition coefficient (Wildman–Crippen LogP) is 10.9. The maximum Gasteiger partial charge on any atom is 0.407 e. The van der Waals surface area contributed by atoms with Gasteiger partial charge in [-0.25, -0.2) is 19.2 Å². The molecule has 2 amide bonds. The average Bonchev–Trinajstić information content (AvgIpc) is 0.675. The highest BCUT2D eigenvalue weighted by molar-refractivity contribution is 8.79. The second-order valence-electron chi connectivity index (χ2n) is 31.9. The first kappa shape index (κ1) is 120. The molecule has 2 aromatic rings. The van der Waals surface area contributed by atoms with Crippen molar-refractivity contribution in [3.8, 4) is 0 Å². The molecule has 4 aliphatic heterocycles. The quantitative estimate of drug-likeness (QED) is 0.0267. The molecule has 722 valence electrons. The van der Waals surface area contributed by atoms with Crippen molar-refractivity contribution in [2.75, 3.05) is 81.9 Å². The van der Waals surface area contributed by atoms with E-state index in [-0.39, 0.29) is 90.6 Å². The number of aliphatic hydroxyl groups excluding tert-OH is 1. The average molecular weight is 2260 g/mol. The molecule has 50 heteroatoms. The number of alkyl carbamates (subject to hydrolysis) is 2. The minimum absolute atomic E-state index is 0. The van der Waals surface area contributed by atoms with Gasteiger partial charge in [0.1, 0.15) is 24.7 Å². The summed E-state index contributed by atoms with van der Waals surface area (Å²) in [6, 6.07) is 21.4. The molecule has 0 spiro atoms. The van der Waals surface area contributed by atoms with Gasteiger partial charge in [-0.3, -0.25) is 4.70 Å². The van der Waals surface area contributed by atoms with E-state index < -0.39 is 91.8 Å². The van der Waals surface area contributed by atoms with Crippen LogP contribution in [0.25, 0.3) is 0 Å². The van der Waals surface area contributed by atoms with Crippen LogP contribution in [0.1, 0.15) is 143 Å². The standard InChI is InChI=1S/C46H70N2O9Si.C30H52N2O9.FH.S26/c1-15-26-52-43(50)47-29-35-27-38(48(12)13)32(3)42(54-35)55-40(33(4)39-34(5)41(49)57-45(9,10)56-39)46(11,51-14)28-31(2)30-53-58(44(6,7)8,36-22-18-16-19-23-36)37-24-20-17-21-25-37;1-12-13-37-28(35)31-16-22-14-23(32(9)10)19(3)27(38-22)39-25(30(8,36-11)15-18(2)17-33)20(4)24-21(5)26(34)41-29(6,7)40-24;;1-3-5-7-9-11-13-15-17-19-21-23-25-26-24-22-20-18-16-14-12-10-8-6-4-2/h15-25,31-33,35,38,40,42H,1,26-30H2,2-14H3,(H,47,50);12,18-20,22-23,25,27,33H,1,13-17H2,2-11H3,(H,31,35);1H;/t31-,32?,33+,35?,38?,40-,42+,46-;18-,19?,20+,22?,23?,25-,27+,30-;;/m11../s1. The fraction of sp³-hybridized carbons (Fsp3) is 0.684. The number of amides is 2. The molecule has 2 aromatic carbocycles. The summed E-state index contributed by atoms with van der Waals surface area (Å²) < 4.78 is 81.2. The third-order valence-electron chi connectivity index (χ3n) is 20.3. The number of benzene rings is 2. The molecule has 0 aromatic heterocycles. The van der Waals surface area contributed by atoms with Gasteiger partial charge >= 0.3 is 24.1 Å². The fourth-order valence-electron chi connectivity index (χ4n) is 14.7. The number of carbonyl (C=O) groups excluding carboxylic acids is 4. The topological polar surface area (TPSA) is 239 Å². The number of esters is 2. The van der Waals surface area contributed by atoms with Crippen molar-refractivity contribution in [3.05, 3.63) is 109 Å². The maximum atomic E-state index is 13.2. The Morgan fingerprint density at radius 3 is 1.13 bits per heavy atom. The second-order valence-corrected chi connectivity index (χ2v) is 78.7. The molecular formula is C76H123FN4O18S26Si. The molecule has 2 saturated heterocycles. The van der Waals surface area contributed by atoms with Crippen molar-refractivity contribution in [1.82, 2.24) is 20.4 Å². The molecule has 22 nitrogen and oxygen atoms in total. The van der Waals surface area contributed by atoms with Crippen molar-refractivity contribution in [1.29, 1.82) is 0 Å². The third kappa shape index (κ3) is 40.9. The first-order valence-corrected chi connectivity index (χ1v) is 74.4. The van der Waals surface area contributed by atoms with E-state index in [4.69, 9.17) is 83.6 Å². The van der Waals surface area contributed by atoms with Gasteiger partial charge in [0.25, 0.3) is 8.32 Å². The van der Waals surface area contributed by atoms with Gasteiger partial charge in [-0.05, 0) is 109 Å². The van der Waals surface area contributed by atoms with Crippen LogP contribution in [-0.2, 0) is 306 Å². The molecule has 0 aliphatic carbocycles. The monoisotopic (exact) mass is 2260 g/mol. The van der Waals surface area contributed by atoms with Gasteiger partial charge in [-0.2, -0.15) is 0 Å². The van der Waals surface area contributed by atoms with Crippen LogP contribution in [0.4, 0.5) is 14.3 Å². The van der Waals surface area contributed by atoms with E-state index in [9.17, 15) is 24.3 Å². The van der Waals surface area contributed by atoms with Crippen LogP contribution >= 0.6 is 0 Å². The van der Waals surface area contributed by atoms with Crippen molar-refractivity contribution in [2.45, 2.75) is 220 Å². The van der Waals surface area contributed by atoms with Crippen molar-refractivity contribution in [3.63, 3.8) is 0 Å². The van der Waals surface area contributed by atoms with Gasteiger partial charge in [-0.15, -0.1) is 0 Å². The summed E-state index contributed by atoms with van der Waals surface area (Å²) >= 11 is 9.55. The first-order valence-electron chi connectivity index (χ1n) is 39.1. The lowest BCUT2D eigenvalue weighted by Gasteiger charge is -2.49. The van der Waals surface area contributed by atoms with E-state index in [0.717, 1.165) is 0 Å². The highest BCUT2D eigenvalue weighted by Gasteiger charge is 2.54. The zero-order valence-electron chi connectivity index (χ0n) is 74.8. The molecular weight excluding hydrogens is 2140 g/mol. The molecule has 4 aliphatic rings. The van der Waals surface area contributed by atoms with Crippen LogP contribution in [0, 0.1) is 35.5 Å². The Morgan fingerprint density at radius 1 is 0.548 bits per heavy atom. The van der Waals surface area contributed by atoms with E-state index >= 15 is 0 Å². The number of carbonyl (C=O) groups is 4. The Kier molecular flexibility index (Phi) is 59.8. The molecule has 16 atom stereocenters. The van der Waals surface area contributed by atoms with Crippen LogP contribution < -0.4 is 21.0 Å². The third-order valence-corrected chi connectivity index (χ3v) is 76.4. The molecule has 0 saturated carbocycles. The zero-order valence-corrected chi connectivity index (χ0v) is 97.0. The number of rotatable bonds is 32. The number of ether oxygens (including phenoxy) is 12. The van der Waals surface area contributed by atoms with Crippen molar-refractivity contribution in [2.24, 2.45) is 35.5 Å². The van der Waals surface area contributed by atoms with E-state index in [1.165, 1.54) is 40.3 Å². The van der Waals surface area contributed by atoms with Gasteiger partial charge in [0.15, 0.2) is 12.6 Å². The lowest BCUT2D eigenvalue weighted by Crippen LogP contribution is -2.67. The van der Waals surface area contributed by atoms with Crippen LogP contribution in [-0.4, -0.2) is 201 Å². The smallest absolute Gasteiger partial charge is 0.407 e. The number of hydrogen-bond donors (Lipinski definition) is 3. The number of halogens is 1. The van der Waals surface area contributed by atoms with Gasteiger partial charge in [-0.1, -0.05) is 148 Å². The molecule has 3 N–H and O–H groups in total. The van der Waals surface area contributed by atoms with E-state index in [1.807, 2.05) is 139 Å². The van der Waals surface area contributed by atoms with E-state index in [0.29, 0.717) is 55.0 Å². The zero-order chi connectivity index (χ0) is 93.1. The van der Waals surface area contributed by atoms with Crippen LogP contribution in [0.2, 0.25) is 5.04 Å². The molecule has 2 fully saturated rings. The first-order chi connectivity index (χ1) is 59.2. The summed E-state index contributed by atoms with van der Waals surface area (Å²) in [5.74, 6) is -3.37. The Balaban J connectivity index is 0.000000525. The van der Waals surface area contributed by atoms with E-state index in [1.54, 1.807) is 180 Å². The lowest BCUT2D eigenvalue weighted by molar-refractivity contribution is -0.286. The van der Waals surface area contributed by atoms with Gasteiger partial charge in [0.05, 0.1) is 46.8 Å². The van der Waals surface area contributed by atoms with Gasteiger partial charge < -0.3 is 86.8 Å². The Morgan fingerprint density at radius 2 is 0.857 bits per heavy atom. The maximum absolute atomic E-state index is 13.2. The Hall–Kier alpha value is -0.0531. The normalized spacial score (nSPS) is 21.7. The van der Waals surface area contributed by atoms with Crippen LogP contribution in [0.5, 0.6) is 0 Å². The highest BCUT2D eigenvalue weighted by atomic mass is 33.5. The van der Waals surface area contributed by atoms with Crippen molar-refractivity contribution < 1.29 is 90.3 Å². The number of nitrogens with zero attached hydrogens (tertiary/aromatic N) is 2. The number of nitrogens with one attached hydrogen (secondary N) is 2. The Bertz CT molecular complexity index is 5050. The predicted molar refractivity (Wildman–Crippen MR) is 578 cm³/mol. The second kappa shape index (κ2) is 62.7. The largest absolute Gasteiger partial charge is 0.456 e. The van der Waals surface area contributed by atoms with Crippen LogP contribution in [0.3, 0.4) is 0 Å². The minimum Gasteiger partial charge on any atom is -0.456 e. The SMILES string of the molecule is C=CCOC(=O)NCC1CC(N(C)C)C(C)[C@H](O[C@H]([C@@H](C)C2=C(C)C(=O)OC(C)(C)O2)[C@@](C)(C[C@@H](C)CO)OC)O1.C=CCOC(=O)NCC1CC(N(C)C)C(C)[C@H](O[C@H]([C@@H](C)C2=C(C)C(=O)OC(C)(C)O2)[C@@](C)(C[C@@H](C)CO[Si](c2ccccc2)(c2ccccc2)C(C)(C)C)OC)O1.F.S=S=S=S=S=S=S=S=S=S=S=S=S=S=S=S=S=S=S=S=S=S=S=S=S=S. The number of hydrogen-bond acceptors (Lipinski definition) is 22. The molecule has 4 heterocycles. The van der Waals surface area contributed by atoms with E-state index in [2.05, 4.69) is 131 Å². The molecule has 6 unspecified atom stereocenters. The fourth-order valence-corrected chi connectivity index (χ4v) is 79.8. The number of methoxy groups -OCH3 is 2. The van der Waals surface area contributed by atoms with Gasteiger partial charge in [0.2, 0.25) is 11.6 Å². The summed E-state index contributed by atoms with van der Waals surface area (Å²) in [7, 11) is 50.4. The molecule has 0 bridgehead atoms. The number of aliphatic hydroxyl groups is 1. The summed E-state index contributed by atoms with van der Waals surface area (Å²) in [6.07, 6.45) is 0.905. The summed E-state index contributed by atoms with van der Waals surface area (Å²) in [5.41, 5.74) is -1.07. The summed E-state index contributed by atoms with van der Waals surface area (Å²) in [4.78, 5) is 54.7. The summed E-state index contributed by atoms with van der Waals surface area (Å²) in [5, 5.41) is 17.7. The van der Waals surface area contributed by atoms with Crippen LogP contribution in [0.15, 0.2) is 109 Å². The Labute approximate surface area is 824 Å². The molecule has 0 radical (unpaired) electrons.